The number of pyridine rings is 2. The molecule has 53 heavy (non-hydrogen) atoms. The number of carbonyl (C=O) groups excluding carboxylic acids is 1. The molecule has 16 heteroatoms. The molecular weight excluding hydrogens is 937 g/mol. The van der Waals surface area contributed by atoms with Gasteiger partial charge in [-0.3, -0.25) is 4.79 Å². The van der Waals surface area contributed by atoms with Crippen LogP contribution < -0.4 is 143 Å². The number of hydrogen-bond donors (Lipinski definition) is 1. The smallest absolute Gasteiger partial charge is 1.00 e. The molecule has 0 spiro atoms. The molecule has 6 rings (SSSR count). The maximum absolute atomic E-state index is 14.0. The van der Waals surface area contributed by atoms with E-state index in [1.165, 1.54) is 41.5 Å². The van der Waals surface area contributed by atoms with Gasteiger partial charge in [0.25, 0.3) is 6.47 Å². The Bertz CT molecular complexity index is 2270. The van der Waals surface area contributed by atoms with Crippen LogP contribution in [0.3, 0.4) is 0 Å². The van der Waals surface area contributed by atoms with Crippen LogP contribution in [0, 0.1) is 75.4 Å². The standard InChI is InChI=1S/C18H9F2N3.C11H7FN2.C7H3F2N.CH2O3.2Cs.H/c19-15-7-13(10-21)8-17(9-15)23-11-14(18(20)12-23)4-5-16-3-1-2-6-22-16;12-11-8-13-7-9(11)4-5-10-3-1-2-6-14-10;8-6-1-5(4-10)2-7(9)3-6;2-1-4-3;;;/h1-3,6-9,11-12H;1-3,6-8,13H;1-3H;1,3H;;;/q;;;;2*+1;-1/p-1. The summed E-state index contributed by atoms with van der Waals surface area (Å²) in [5.74, 6) is 8.03. The summed E-state index contributed by atoms with van der Waals surface area (Å²) in [5.41, 5.74) is 2.19. The minimum absolute atomic E-state index is 0. The molecule has 0 unspecified atom stereocenters. The Morgan fingerprint density at radius 3 is 1.66 bits per heavy atom. The Labute approximate surface area is 419 Å². The number of nitrogens with zero attached hydrogens (tertiary/aromatic N) is 5. The number of aromatic amines is 1. The van der Waals surface area contributed by atoms with Crippen LogP contribution in [0.1, 0.15) is 35.1 Å². The molecule has 0 amide bonds. The molecule has 4 heterocycles. The quantitative estimate of drug-likeness (QED) is 0.0831. The van der Waals surface area contributed by atoms with Gasteiger partial charge in [0.2, 0.25) is 0 Å². The van der Waals surface area contributed by atoms with Gasteiger partial charge < -0.3 is 21.1 Å². The predicted octanol–water partition coefficient (Wildman–Crippen LogP) is -0.238. The molecule has 0 bridgehead atoms. The summed E-state index contributed by atoms with van der Waals surface area (Å²) < 4.78 is 66.2. The van der Waals surface area contributed by atoms with Crippen LogP contribution in [0.4, 0.5) is 22.0 Å². The van der Waals surface area contributed by atoms with Gasteiger partial charge in [0, 0.05) is 48.9 Å². The number of H-pyrrole nitrogens is 1. The number of halogens is 5. The van der Waals surface area contributed by atoms with E-state index in [4.69, 9.17) is 20.6 Å². The summed E-state index contributed by atoms with van der Waals surface area (Å²) in [4.78, 5) is 21.9. The zero-order chi connectivity index (χ0) is 37.0. The number of rotatable bonds is 2. The van der Waals surface area contributed by atoms with Crippen LogP contribution in [0.25, 0.3) is 5.69 Å². The second-order valence-corrected chi connectivity index (χ2v) is 9.35. The molecule has 1 N–H and O–H groups in total. The first-order chi connectivity index (χ1) is 24.6. The van der Waals surface area contributed by atoms with Gasteiger partial charge in [0.15, 0.2) is 11.6 Å². The molecule has 2 aromatic carbocycles. The van der Waals surface area contributed by atoms with Crippen LogP contribution in [0.2, 0.25) is 0 Å². The molecule has 0 atom stereocenters. The zero-order valence-corrected chi connectivity index (χ0v) is 40.4. The Balaban J connectivity index is 0.000000778. The molecule has 0 aliphatic carbocycles. The average Bonchev–Trinajstić information content (AvgIpc) is 3.74. The molecule has 0 saturated heterocycles. The van der Waals surface area contributed by atoms with E-state index in [2.05, 4.69) is 43.5 Å². The van der Waals surface area contributed by atoms with Crippen LogP contribution in [0.15, 0.2) is 110 Å². The van der Waals surface area contributed by atoms with Crippen LogP contribution in [-0.2, 0) is 9.68 Å². The topological polar surface area (TPSA) is 143 Å². The summed E-state index contributed by atoms with van der Waals surface area (Å²) in [6, 6.07) is 20.7. The van der Waals surface area contributed by atoms with Crippen molar-refractivity contribution in [3.05, 3.63) is 173 Å². The van der Waals surface area contributed by atoms with Crippen molar-refractivity contribution in [2.75, 3.05) is 0 Å². The fourth-order valence-electron chi connectivity index (χ4n) is 3.65. The summed E-state index contributed by atoms with van der Waals surface area (Å²) in [5, 5.41) is 25.5. The first kappa shape index (κ1) is 47.6. The third kappa shape index (κ3) is 17.5. The molecular formula is C37H21Cs2F5N6O3. The zero-order valence-electron chi connectivity index (χ0n) is 28.8. The van der Waals surface area contributed by atoms with Crippen molar-refractivity contribution < 1.29 is 176 Å². The third-order valence-corrected chi connectivity index (χ3v) is 5.79. The normalized spacial score (nSPS) is 8.75. The van der Waals surface area contributed by atoms with E-state index in [-0.39, 0.29) is 168 Å². The van der Waals surface area contributed by atoms with Crippen molar-refractivity contribution in [3.8, 4) is 41.5 Å². The monoisotopic (exact) mass is 958 g/mol. The Hall–Kier alpha value is -3.42. The Morgan fingerprint density at radius 2 is 1.21 bits per heavy atom. The van der Waals surface area contributed by atoms with Gasteiger partial charge in [0.05, 0.1) is 34.4 Å². The molecule has 9 nitrogen and oxygen atoms in total. The van der Waals surface area contributed by atoms with Crippen molar-refractivity contribution in [2.45, 2.75) is 0 Å². The minimum Gasteiger partial charge on any atom is -1.00 e. The fourth-order valence-corrected chi connectivity index (χ4v) is 3.65. The second kappa shape index (κ2) is 26.4. The van der Waals surface area contributed by atoms with E-state index >= 15 is 0 Å². The molecule has 4 aromatic heterocycles. The Kier molecular flexibility index (Phi) is 23.7. The van der Waals surface area contributed by atoms with E-state index in [0.717, 1.165) is 24.3 Å². The van der Waals surface area contributed by atoms with Crippen LogP contribution >= 0.6 is 0 Å². The first-order valence-corrected chi connectivity index (χ1v) is 14.0. The molecule has 0 radical (unpaired) electrons. The number of nitriles is 2. The molecule has 0 saturated carbocycles. The molecule has 254 valence electrons. The summed E-state index contributed by atoms with van der Waals surface area (Å²) in [6.07, 6.45) is 8.67. The minimum atomic E-state index is -0.725. The molecule has 0 aliphatic rings. The molecule has 0 fully saturated rings. The van der Waals surface area contributed by atoms with Crippen molar-refractivity contribution in [2.24, 2.45) is 0 Å². The second-order valence-electron chi connectivity index (χ2n) is 9.35. The number of carbonyl (C=O) groups is 1. The third-order valence-electron chi connectivity index (χ3n) is 5.79. The summed E-state index contributed by atoms with van der Waals surface area (Å²) >= 11 is 0. The van der Waals surface area contributed by atoms with Gasteiger partial charge in [-0.2, -0.15) is 10.5 Å². The Morgan fingerprint density at radius 1 is 0.698 bits per heavy atom. The van der Waals surface area contributed by atoms with E-state index in [9.17, 15) is 22.0 Å². The van der Waals surface area contributed by atoms with E-state index in [1.54, 1.807) is 42.7 Å². The number of hydrogen-bond acceptors (Lipinski definition) is 7. The van der Waals surface area contributed by atoms with Crippen molar-refractivity contribution in [1.29, 1.82) is 10.5 Å². The number of nitrogens with one attached hydrogen (secondary N) is 1. The maximum atomic E-state index is 14.0. The summed E-state index contributed by atoms with van der Waals surface area (Å²) in [6.45, 7) is -0.181. The van der Waals surface area contributed by atoms with Crippen LogP contribution in [0.5, 0.6) is 0 Å². The molecule has 6 aromatic rings. The van der Waals surface area contributed by atoms with E-state index in [0.29, 0.717) is 22.6 Å². The average molecular weight is 958 g/mol. The van der Waals surface area contributed by atoms with Gasteiger partial charge in [-0.1, -0.05) is 24.0 Å². The number of aromatic nitrogens is 4. The van der Waals surface area contributed by atoms with Gasteiger partial charge >= 0.3 is 138 Å². The van der Waals surface area contributed by atoms with Crippen LogP contribution in [-0.4, -0.2) is 26.0 Å². The van der Waals surface area contributed by atoms with Gasteiger partial charge in [-0.05, 0) is 66.4 Å². The SMILES string of the molecule is Fc1c[nH]cc1C#Cc1ccccn1.N#Cc1cc(F)cc(-n2cc(F)c(C#Cc3ccccn3)c2)c1.N#Cc1cc(F)cc(F)c1.O=CO[O-].[Cs+].[Cs+].[H-]. The van der Waals surface area contributed by atoms with Crippen molar-refractivity contribution in [3.63, 3.8) is 0 Å². The van der Waals surface area contributed by atoms with Crippen molar-refractivity contribution >= 4 is 6.47 Å². The largest absolute Gasteiger partial charge is 1.00 e. The predicted molar refractivity (Wildman–Crippen MR) is 171 cm³/mol. The van der Waals surface area contributed by atoms with Crippen molar-refractivity contribution in [1.82, 2.24) is 19.5 Å². The van der Waals surface area contributed by atoms with Gasteiger partial charge in [0.1, 0.15) is 28.8 Å². The van der Waals surface area contributed by atoms with Gasteiger partial charge in [-0.25, -0.2) is 31.9 Å². The van der Waals surface area contributed by atoms with E-state index < -0.39 is 23.3 Å². The first-order valence-electron chi connectivity index (χ1n) is 14.0. The molecule has 0 aliphatic heterocycles. The number of benzene rings is 2. The fraction of sp³-hybridized carbons (Fsp3) is 0. The summed E-state index contributed by atoms with van der Waals surface area (Å²) in [7, 11) is 0. The van der Waals surface area contributed by atoms with E-state index in [1.807, 2.05) is 18.2 Å². The van der Waals surface area contributed by atoms with Gasteiger partial charge in [-0.15, -0.1) is 0 Å². The maximum Gasteiger partial charge on any atom is 1.00 e.